The van der Waals surface area contributed by atoms with Gasteiger partial charge in [0, 0.05) is 6.54 Å². The Kier molecular flexibility index (Phi) is 4.98. The lowest BCUT2D eigenvalue weighted by Gasteiger charge is -2.23. The van der Waals surface area contributed by atoms with E-state index in [-0.39, 0.29) is 19.6 Å². The van der Waals surface area contributed by atoms with E-state index in [4.69, 9.17) is 4.74 Å². The zero-order valence-electron chi connectivity index (χ0n) is 12.1. The van der Waals surface area contributed by atoms with Crippen molar-refractivity contribution < 1.29 is 29.0 Å². The van der Waals surface area contributed by atoms with Crippen LogP contribution in [-0.2, 0) is 25.7 Å². The quantitative estimate of drug-likeness (QED) is 0.842. The van der Waals surface area contributed by atoms with Crippen molar-refractivity contribution in [3.05, 3.63) is 35.9 Å². The Morgan fingerprint density at radius 2 is 1.95 bits per heavy atom. The summed E-state index contributed by atoms with van der Waals surface area (Å²) in [6.45, 7) is 0.190. The molecule has 2 atom stereocenters. The lowest BCUT2D eigenvalue weighted by molar-refractivity contribution is -0.153. The predicted molar refractivity (Wildman–Crippen MR) is 74.9 cm³/mol. The highest BCUT2D eigenvalue weighted by Crippen LogP contribution is 2.26. The third kappa shape index (κ3) is 3.36. The molecule has 118 valence electrons. The molecule has 0 aliphatic carbocycles. The van der Waals surface area contributed by atoms with Crippen molar-refractivity contribution >= 4 is 18.0 Å². The topological polar surface area (TPSA) is 93.1 Å². The van der Waals surface area contributed by atoms with E-state index in [1.54, 1.807) is 12.1 Å². The number of ether oxygens (including phenoxy) is 2. The monoisotopic (exact) mass is 307 g/mol. The standard InChI is InChI=1S/C15H17NO6/c1-21-14(19)11-7-8-16(12(11)13(17)18)15(20)22-9-10-5-3-2-4-6-10/h2-6,11-12H,7-9H2,1H3,(H,17,18)/t11-,12+/m1/s1. The van der Waals surface area contributed by atoms with Crippen molar-refractivity contribution in [2.75, 3.05) is 13.7 Å². The van der Waals surface area contributed by atoms with Gasteiger partial charge in [0.1, 0.15) is 12.6 Å². The second-order valence-electron chi connectivity index (χ2n) is 4.93. The van der Waals surface area contributed by atoms with E-state index in [9.17, 15) is 19.5 Å². The van der Waals surface area contributed by atoms with Crippen LogP contribution in [-0.4, -0.2) is 47.7 Å². The van der Waals surface area contributed by atoms with Gasteiger partial charge in [-0.2, -0.15) is 0 Å². The minimum Gasteiger partial charge on any atom is -0.480 e. The van der Waals surface area contributed by atoms with Gasteiger partial charge >= 0.3 is 18.0 Å². The Labute approximate surface area is 127 Å². The Balaban J connectivity index is 2.02. The summed E-state index contributed by atoms with van der Waals surface area (Å²) < 4.78 is 9.72. The number of rotatable bonds is 4. The lowest BCUT2D eigenvalue weighted by atomic mass is 10.0. The number of hydrogen-bond donors (Lipinski definition) is 1. The summed E-state index contributed by atoms with van der Waals surface area (Å²) >= 11 is 0. The highest BCUT2D eigenvalue weighted by atomic mass is 16.6. The summed E-state index contributed by atoms with van der Waals surface area (Å²) in [5.41, 5.74) is 0.798. The number of benzene rings is 1. The molecule has 1 aromatic rings. The molecule has 1 heterocycles. The molecular formula is C15H17NO6. The van der Waals surface area contributed by atoms with E-state index in [0.717, 1.165) is 10.5 Å². The van der Waals surface area contributed by atoms with E-state index in [1.165, 1.54) is 7.11 Å². The van der Waals surface area contributed by atoms with Crippen molar-refractivity contribution in [3.63, 3.8) is 0 Å². The number of carbonyl (C=O) groups is 3. The first-order valence-corrected chi connectivity index (χ1v) is 6.82. The number of likely N-dealkylation sites (tertiary alicyclic amines) is 1. The number of amides is 1. The smallest absolute Gasteiger partial charge is 0.410 e. The lowest BCUT2D eigenvalue weighted by Crippen LogP contribution is -2.45. The zero-order chi connectivity index (χ0) is 16.1. The molecule has 0 radical (unpaired) electrons. The van der Waals surface area contributed by atoms with Crippen LogP contribution in [0.2, 0.25) is 0 Å². The van der Waals surface area contributed by atoms with Crippen molar-refractivity contribution in [2.45, 2.75) is 19.1 Å². The third-order valence-electron chi connectivity index (χ3n) is 3.59. The third-order valence-corrected chi connectivity index (χ3v) is 3.59. The molecule has 7 nitrogen and oxygen atoms in total. The van der Waals surface area contributed by atoms with Gasteiger partial charge in [-0.15, -0.1) is 0 Å². The van der Waals surface area contributed by atoms with Crippen molar-refractivity contribution in [3.8, 4) is 0 Å². The Bertz CT molecular complexity index is 558. The molecule has 0 unspecified atom stereocenters. The normalized spacial score (nSPS) is 20.5. The van der Waals surface area contributed by atoms with E-state index >= 15 is 0 Å². The fourth-order valence-electron chi connectivity index (χ4n) is 2.50. The maximum Gasteiger partial charge on any atom is 0.410 e. The maximum atomic E-state index is 12.1. The molecule has 1 aliphatic rings. The molecule has 0 aromatic heterocycles. The summed E-state index contributed by atoms with van der Waals surface area (Å²) in [5.74, 6) is -2.75. The number of carboxylic acid groups (broad SMARTS) is 1. The molecule has 0 bridgehead atoms. The molecule has 1 amide bonds. The van der Waals surface area contributed by atoms with Gasteiger partial charge in [0.2, 0.25) is 0 Å². The number of carbonyl (C=O) groups excluding carboxylic acids is 2. The van der Waals surface area contributed by atoms with Crippen LogP contribution in [0.4, 0.5) is 4.79 Å². The summed E-state index contributed by atoms with van der Waals surface area (Å²) in [6.07, 6.45) is -0.507. The van der Waals surface area contributed by atoms with Crippen LogP contribution in [0.3, 0.4) is 0 Å². The van der Waals surface area contributed by atoms with Gasteiger partial charge < -0.3 is 14.6 Å². The molecule has 0 spiro atoms. The molecule has 1 fully saturated rings. The minimum absolute atomic E-state index is 0.0470. The SMILES string of the molecule is COC(=O)[C@@H]1CCN(C(=O)OCc2ccccc2)[C@@H]1C(=O)O. The van der Waals surface area contributed by atoms with Gasteiger partial charge in [0.05, 0.1) is 13.0 Å². The van der Waals surface area contributed by atoms with Crippen LogP contribution in [0.15, 0.2) is 30.3 Å². The Morgan fingerprint density at radius 1 is 1.27 bits per heavy atom. The number of nitrogens with zero attached hydrogens (tertiary/aromatic N) is 1. The van der Waals surface area contributed by atoms with E-state index in [0.29, 0.717) is 0 Å². The van der Waals surface area contributed by atoms with Gasteiger partial charge in [0.25, 0.3) is 0 Å². The number of carboxylic acids is 1. The van der Waals surface area contributed by atoms with Crippen molar-refractivity contribution in [1.82, 2.24) is 4.90 Å². The molecule has 22 heavy (non-hydrogen) atoms. The van der Waals surface area contributed by atoms with Crippen molar-refractivity contribution in [1.29, 1.82) is 0 Å². The van der Waals surface area contributed by atoms with Crippen LogP contribution in [0.1, 0.15) is 12.0 Å². The average molecular weight is 307 g/mol. The molecule has 2 rings (SSSR count). The highest BCUT2D eigenvalue weighted by molar-refractivity contribution is 5.88. The first kappa shape index (κ1) is 15.8. The van der Waals surface area contributed by atoms with Crippen LogP contribution < -0.4 is 0 Å². The van der Waals surface area contributed by atoms with E-state index in [1.807, 2.05) is 18.2 Å². The maximum absolute atomic E-state index is 12.1. The van der Waals surface area contributed by atoms with Crippen LogP contribution in [0, 0.1) is 5.92 Å². The van der Waals surface area contributed by atoms with Gasteiger partial charge in [-0.3, -0.25) is 9.69 Å². The summed E-state index contributed by atoms with van der Waals surface area (Å²) in [7, 11) is 1.19. The van der Waals surface area contributed by atoms with E-state index in [2.05, 4.69) is 4.74 Å². The molecule has 1 aliphatic heterocycles. The molecule has 0 saturated carbocycles. The zero-order valence-corrected chi connectivity index (χ0v) is 12.1. The molecule has 1 N–H and O–H groups in total. The molecular weight excluding hydrogens is 290 g/mol. The van der Waals surface area contributed by atoms with E-state index < -0.39 is 30.0 Å². The average Bonchev–Trinajstić information content (AvgIpc) is 2.98. The second-order valence-corrected chi connectivity index (χ2v) is 4.93. The molecule has 7 heteroatoms. The van der Waals surface area contributed by atoms with Crippen LogP contribution in [0.25, 0.3) is 0 Å². The number of hydrogen-bond acceptors (Lipinski definition) is 5. The van der Waals surface area contributed by atoms with Gasteiger partial charge in [-0.05, 0) is 12.0 Å². The van der Waals surface area contributed by atoms with Gasteiger partial charge in [-0.25, -0.2) is 9.59 Å². The van der Waals surface area contributed by atoms with Gasteiger partial charge in [-0.1, -0.05) is 30.3 Å². The number of esters is 1. The summed E-state index contributed by atoms with van der Waals surface area (Å²) in [6, 6.07) is 7.80. The molecule has 1 saturated heterocycles. The second kappa shape index (κ2) is 6.93. The summed E-state index contributed by atoms with van der Waals surface area (Å²) in [5, 5.41) is 9.28. The van der Waals surface area contributed by atoms with Crippen LogP contribution in [0.5, 0.6) is 0 Å². The largest absolute Gasteiger partial charge is 0.480 e. The number of aliphatic carboxylic acids is 1. The Hall–Kier alpha value is -2.57. The first-order valence-electron chi connectivity index (χ1n) is 6.82. The Morgan fingerprint density at radius 3 is 2.55 bits per heavy atom. The highest BCUT2D eigenvalue weighted by Gasteiger charge is 2.46. The summed E-state index contributed by atoms with van der Waals surface area (Å²) in [4.78, 5) is 36.1. The first-order chi connectivity index (χ1) is 10.5. The molecule has 1 aromatic carbocycles. The van der Waals surface area contributed by atoms with Crippen LogP contribution >= 0.6 is 0 Å². The minimum atomic E-state index is -1.25. The predicted octanol–water partition coefficient (Wildman–Crippen LogP) is 1.27. The number of methoxy groups -OCH3 is 1. The van der Waals surface area contributed by atoms with Crippen molar-refractivity contribution in [2.24, 2.45) is 5.92 Å². The fourth-order valence-corrected chi connectivity index (χ4v) is 2.50. The van der Waals surface area contributed by atoms with Gasteiger partial charge in [0.15, 0.2) is 0 Å². The fraction of sp³-hybridized carbons (Fsp3) is 0.400.